The number of carbonyl (C=O) groups is 2. The molecule has 0 unspecified atom stereocenters. The van der Waals surface area contributed by atoms with Gasteiger partial charge in [-0.1, -0.05) is 12.8 Å². The molecule has 0 spiro atoms. The van der Waals surface area contributed by atoms with E-state index in [1.165, 1.54) is 0 Å². The second-order valence-corrected chi connectivity index (χ2v) is 7.68. The van der Waals surface area contributed by atoms with Crippen LogP contribution in [0, 0.1) is 0 Å². The SMILES string of the molecule is COc1ccc(C(=O)/C=C/N[C@H]2CCCC[C@@H]2N/C=C/C(=O)c2ccc(OC)cc2)cc1. The van der Waals surface area contributed by atoms with E-state index in [0.29, 0.717) is 11.1 Å². The third-order valence-electron chi connectivity index (χ3n) is 5.61. The van der Waals surface area contributed by atoms with Crippen molar-refractivity contribution in [2.45, 2.75) is 37.8 Å². The first-order chi connectivity index (χ1) is 15.6. The zero-order valence-corrected chi connectivity index (χ0v) is 18.5. The number of allylic oxidation sites excluding steroid dienone is 2. The van der Waals surface area contributed by atoms with Crippen LogP contribution >= 0.6 is 0 Å². The van der Waals surface area contributed by atoms with Crippen molar-refractivity contribution in [3.8, 4) is 11.5 Å². The zero-order chi connectivity index (χ0) is 22.8. The van der Waals surface area contributed by atoms with Crippen LogP contribution in [0.1, 0.15) is 46.4 Å². The number of hydrogen-bond donors (Lipinski definition) is 2. The molecule has 168 valence electrons. The number of ether oxygens (including phenoxy) is 2. The lowest BCUT2D eigenvalue weighted by Gasteiger charge is -2.32. The molecule has 0 amide bonds. The van der Waals surface area contributed by atoms with E-state index in [9.17, 15) is 9.59 Å². The number of methoxy groups -OCH3 is 2. The molecule has 0 bridgehead atoms. The summed E-state index contributed by atoms with van der Waals surface area (Å²) in [6, 6.07) is 14.5. The standard InChI is InChI=1S/C26H30N2O4/c1-31-21-11-7-19(8-12-21)25(29)15-17-27-23-5-3-4-6-24(23)28-18-16-26(30)20-9-13-22(32-2)14-10-20/h7-18,23-24,27-28H,3-6H2,1-2H3/b17-15+,18-16+/t23-,24-/m0/s1. The number of nitrogens with one attached hydrogen (secondary N) is 2. The summed E-state index contributed by atoms with van der Waals surface area (Å²) in [5.41, 5.74) is 1.23. The van der Waals surface area contributed by atoms with Gasteiger partial charge >= 0.3 is 0 Å². The molecule has 1 aliphatic rings. The van der Waals surface area contributed by atoms with Gasteiger partial charge in [0.15, 0.2) is 11.6 Å². The largest absolute Gasteiger partial charge is 0.497 e. The van der Waals surface area contributed by atoms with Crippen LogP contribution in [0.5, 0.6) is 11.5 Å². The van der Waals surface area contributed by atoms with Gasteiger partial charge in [-0.15, -0.1) is 0 Å². The summed E-state index contributed by atoms with van der Waals surface area (Å²) in [6.07, 6.45) is 10.8. The minimum Gasteiger partial charge on any atom is -0.497 e. The highest BCUT2D eigenvalue weighted by molar-refractivity contribution is 6.05. The Hall–Kier alpha value is -3.54. The highest BCUT2D eigenvalue weighted by atomic mass is 16.5. The molecule has 32 heavy (non-hydrogen) atoms. The van der Waals surface area contributed by atoms with Crippen LogP contribution in [0.25, 0.3) is 0 Å². The Bertz CT molecular complexity index is 869. The molecule has 0 aliphatic heterocycles. The van der Waals surface area contributed by atoms with Crippen molar-refractivity contribution < 1.29 is 19.1 Å². The van der Waals surface area contributed by atoms with Crippen LogP contribution in [-0.4, -0.2) is 37.9 Å². The smallest absolute Gasteiger partial charge is 0.187 e. The van der Waals surface area contributed by atoms with Gasteiger partial charge in [-0.3, -0.25) is 9.59 Å². The van der Waals surface area contributed by atoms with E-state index in [2.05, 4.69) is 10.6 Å². The Kier molecular flexibility index (Phi) is 8.49. The van der Waals surface area contributed by atoms with Crippen molar-refractivity contribution in [3.63, 3.8) is 0 Å². The molecule has 1 aliphatic carbocycles. The number of carbonyl (C=O) groups excluding carboxylic acids is 2. The molecular formula is C26H30N2O4. The summed E-state index contributed by atoms with van der Waals surface area (Å²) < 4.78 is 10.2. The van der Waals surface area contributed by atoms with E-state index in [0.717, 1.165) is 37.2 Å². The quantitative estimate of drug-likeness (QED) is 0.429. The Labute approximate surface area is 189 Å². The summed E-state index contributed by atoms with van der Waals surface area (Å²) in [5.74, 6) is 1.31. The number of rotatable bonds is 10. The molecule has 0 radical (unpaired) electrons. The molecule has 1 fully saturated rings. The van der Waals surface area contributed by atoms with Crippen molar-refractivity contribution in [2.24, 2.45) is 0 Å². The maximum Gasteiger partial charge on any atom is 0.187 e. The van der Waals surface area contributed by atoms with Crippen molar-refractivity contribution in [1.29, 1.82) is 0 Å². The number of hydrogen-bond acceptors (Lipinski definition) is 6. The highest BCUT2D eigenvalue weighted by Crippen LogP contribution is 2.19. The van der Waals surface area contributed by atoms with Crippen LogP contribution in [0.2, 0.25) is 0 Å². The van der Waals surface area contributed by atoms with Gasteiger partial charge in [-0.25, -0.2) is 0 Å². The first-order valence-electron chi connectivity index (χ1n) is 10.8. The molecule has 0 aromatic heterocycles. The lowest BCUT2D eigenvalue weighted by Crippen LogP contribution is -2.46. The molecule has 0 heterocycles. The number of ketones is 2. The lowest BCUT2D eigenvalue weighted by molar-refractivity contribution is 0.103. The van der Waals surface area contributed by atoms with E-state index in [1.54, 1.807) is 87.3 Å². The Morgan fingerprint density at radius 3 is 1.44 bits per heavy atom. The van der Waals surface area contributed by atoms with E-state index < -0.39 is 0 Å². The average molecular weight is 435 g/mol. The molecule has 6 nitrogen and oxygen atoms in total. The van der Waals surface area contributed by atoms with E-state index in [-0.39, 0.29) is 23.7 Å². The summed E-state index contributed by atoms with van der Waals surface area (Å²) >= 11 is 0. The second kappa shape index (κ2) is 11.7. The lowest BCUT2D eigenvalue weighted by atomic mass is 9.90. The molecular weight excluding hydrogens is 404 g/mol. The van der Waals surface area contributed by atoms with E-state index in [4.69, 9.17) is 9.47 Å². The van der Waals surface area contributed by atoms with Crippen LogP contribution in [0.15, 0.2) is 73.1 Å². The summed E-state index contributed by atoms with van der Waals surface area (Å²) in [5, 5.41) is 6.71. The fraction of sp³-hybridized carbons (Fsp3) is 0.308. The summed E-state index contributed by atoms with van der Waals surface area (Å²) in [7, 11) is 3.19. The maximum atomic E-state index is 12.3. The minimum absolute atomic E-state index is 0.0644. The fourth-order valence-corrected chi connectivity index (χ4v) is 3.73. The molecule has 2 N–H and O–H groups in total. The highest BCUT2D eigenvalue weighted by Gasteiger charge is 2.23. The monoisotopic (exact) mass is 434 g/mol. The van der Waals surface area contributed by atoms with Gasteiger partial charge in [-0.05, 0) is 61.4 Å². The Morgan fingerprint density at radius 2 is 1.09 bits per heavy atom. The average Bonchev–Trinajstić information content (AvgIpc) is 2.85. The molecule has 0 saturated heterocycles. The third kappa shape index (κ3) is 6.48. The minimum atomic E-state index is -0.0644. The Balaban J connectivity index is 1.52. The normalized spacial score (nSPS) is 18.4. The molecule has 6 heteroatoms. The fourth-order valence-electron chi connectivity index (χ4n) is 3.73. The van der Waals surface area contributed by atoms with E-state index >= 15 is 0 Å². The van der Waals surface area contributed by atoms with Crippen LogP contribution in [0.4, 0.5) is 0 Å². The topological polar surface area (TPSA) is 76.7 Å². The van der Waals surface area contributed by atoms with Gasteiger partial charge in [-0.2, -0.15) is 0 Å². The predicted octanol–water partition coefficient (Wildman–Crippen LogP) is 4.29. The number of benzene rings is 2. The van der Waals surface area contributed by atoms with Crippen molar-refractivity contribution >= 4 is 11.6 Å². The van der Waals surface area contributed by atoms with Crippen molar-refractivity contribution in [3.05, 3.63) is 84.2 Å². The van der Waals surface area contributed by atoms with E-state index in [1.807, 2.05) is 0 Å². The van der Waals surface area contributed by atoms with Gasteiger partial charge in [0.05, 0.1) is 14.2 Å². The van der Waals surface area contributed by atoms with Crippen molar-refractivity contribution in [2.75, 3.05) is 14.2 Å². The first kappa shape index (κ1) is 23.1. The molecule has 2 aromatic rings. The third-order valence-corrected chi connectivity index (χ3v) is 5.61. The molecule has 2 atom stereocenters. The summed E-state index contributed by atoms with van der Waals surface area (Å²) in [4.78, 5) is 24.7. The second-order valence-electron chi connectivity index (χ2n) is 7.68. The summed E-state index contributed by atoms with van der Waals surface area (Å²) in [6.45, 7) is 0. The van der Waals surface area contributed by atoms with Gasteiger partial charge in [0.25, 0.3) is 0 Å². The molecule has 3 rings (SSSR count). The van der Waals surface area contributed by atoms with Gasteiger partial charge < -0.3 is 20.1 Å². The first-order valence-corrected chi connectivity index (χ1v) is 10.8. The van der Waals surface area contributed by atoms with Gasteiger partial charge in [0, 0.05) is 47.8 Å². The van der Waals surface area contributed by atoms with Crippen LogP contribution in [0.3, 0.4) is 0 Å². The van der Waals surface area contributed by atoms with Crippen molar-refractivity contribution in [1.82, 2.24) is 10.6 Å². The van der Waals surface area contributed by atoms with Crippen LogP contribution in [-0.2, 0) is 0 Å². The zero-order valence-electron chi connectivity index (χ0n) is 18.5. The Morgan fingerprint density at radius 1 is 0.719 bits per heavy atom. The predicted molar refractivity (Wildman–Crippen MR) is 125 cm³/mol. The van der Waals surface area contributed by atoms with Crippen LogP contribution < -0.4 is 20.1 Å². The molecule has 2 aromatic carbocycles. The van der Waals surface area contributed by atoms with Gasteiger partial charge in [0.1, 0.15) is 11.5 Å². The molecule has 1 saturated carbocycles. The van der Waals surface area contributed by atoms with Gasteiger partial charge in [0.2, 0.25) is 0 Å². The maximum absolute atomic E-state index is 12.3.